The van der Waals surface area contributed by atoms with E-state index < -0.39 is 29.7 Å². The van der Waals surface area contributed by atoms with Gasteiger partial charge in [-0.05, 0) is 25.0 Å². The molecular weight excluding hydrogens is 443 g/mol. The first kappa shape index (κ1) is 22.3. The molecule has 1 aliphatic carbocycles. The molecule has 1 aliphatic heterocycles. The largest absolute Gasteiger partial charge is 0.442 e. The average Bonchev–Trinajstić information content (AvgIpc) is 3.08. The van der Waals surface area contributed by atoms with Crippen LogP contribution >= 0.6 is 11.6 Å². The second-order valence-corrected chi connectivity index (χ2v) is 8.32. The van der Waals surface area contributed by atoms with E-state index in [4.69, 9.17) is 11.6 Å². The molecule has 9 heteroatoms. The topological polar surface area (TPSA) is 61.8 Å². The van der Waals surface area contributed by atoms with Crippen molar-refractivity contribution in [2.24, 2.45) is 4.99 Å². The summed E-state index contributed by atoms with van der Waals surface area (Å²) in [4.78, 5) is 31.3. The summed E-state index contributed by atoms with van der Waals surface area (Å²) < 4.78 is 43.4. The van der Waals surface area contributed by atoms with Crippen LogP contribution in [0.2, 0.25) is 5.02 Å². The first-order valence-electron chi connectivity index (χ1n) is 10.4. The molecule has 2 aromatic rings. The summed E-state index contributed by atoms with van der Waals surface area (Å²) in [6, 6.07) is 13.5. The Bertz CT molecular complexity index is 1050. The summed E-state index contributed by atoms with van der Waals surface area (Å²) in [6.07, 6.45) is -1.44. The Hall–Kier alpha value is -2.87. The summed E-state index contributed by atoms with van der Waals surface area (Å²) in [6.45, 7) is 0. The summed E-state index contributed by atoms with van der Waals surface area (Å²) in [5.74, 6) is -2.50. The van der Waals surface area contributed by atoms with Crippen LogP contribution < -0.4 is 5.32 Å². The molecule has 2 amide bonds. The van der Waals surface area contributed by atoms with Crippen LogP contribution in [0.15, 0.2) is 59.6 Å². The zero-order valence-corrected chi connectivity index (χ0v) is 17.8. The number of alkyl halides is 3. The minimum absolute atomic E-state index is 0.0239. The van der Waals surface area contributed by atoms with Crippen LogP contribution in [0, 0.1) is 0 Å². The van der Waals surface area contributed by atoms with Gasteiger partial charge in [0.25, 0.3) is 11.8 Å². The number of amidine groups is 1. The first-order valence-corrected chi connectivity index (χ1v) is 10.7. The number of rotatable bonds is 4. The molecule has 32 heavy (non-hydrogen) atoms. The Morgan fingerprint density at radius 2 is 1.66 bits per heavy atom. The van der Waals surface area contributed by atoms with Crippen molar-refractivity contribution in [3.8, 4) is 0 Å². The molecule has 1 unspecified atom stereocenters. The van der Waals surface area contributed by atoms with Crippen molar-refractivity contribution >= 4 is 29.3 Å². The molecule has 1 heterocycles. The molecule has 2 aromatic carbocycles. The third-order valence-electron chi connectivity index (χ3n) is 5.83. The van der Waals surface area contributed by atoms with Gasteiger partial charge in [-0.15, -0.1) is 0 Å². The smallest absolute Gasteiger partial charge is 0.312 e. The van der Waals surface area contributed by atoms with Gasteiger partial charge in [-0.3, -0.25) is 14.5 Å². The molecule has 4 rings (SSSR count). The highest BCUT2D eigenvalue weighted by molar-refractivity contribution is 6.34. The highest BCUT2D eigenvalue weighted by Gasteiger charge is 2.68. The van der Waals surface area contributed by atoms with Gasteiger partial charge in [-0.1, -0.05) is 73.3 Å². The molecule has 1 fully saturated rings. The normalized spacial score (nSPS) is 22.1. The average molecular weight is 464 g/mol. The van der Waals surface area contributed by atoms with Crippen molar-refractivity contribution in [2.75, 3.05) is 0 Å². The number of benzene rings is 2. The number of amides is 2. The van der Waals surface area contributed by atoms with Crippen molar-refractivity contribution in [3.05, 3.63) is 70.7 Å². The summed E-state index contributed by atoms with van der Waals surface area (Å²) in [5.41, 5.74) is -3.21. The van der Waals surface area contributed by atoms with E-state index in [0.29, 0.717) is 18.4 Å². The molecule has 0 saturated heterocycles. The van der Waals surface area contributed by atoms with E-state index in [9.17, 15) is 22.8 Å². The minimum Gasteiger partial charge on any atom is -0.312 e. The van der Waals surface area contributed by atoms with Gasteiger partial charge >= 0.3 is 11.8 Å². The summed E-state index contributed by atoms with van der Waals surface area (Å²) >= 11 is 6.00. The number of halogens is 4. The molecule has 168 valence electrons. The lowest BCUT2D eigenvalue weighted by atomic mass is 9.93. The van der Waals surface area contributed by atoms with Crippen molar-refractivity contribution < 1.29 is 22.8 Å². The summed E-state index contributed by atoms with van der Waals surface area (Å²) in [7, 11) is 0. The number of carbonyl (C=O) groups excluding carboxylic acids is 2. The van der Waals surface area contributed by atoms with E-state index in [1.807, 2.05) is 5.32 Å². The maximum absolute atomic E-state index is 14.5. The second kappa shape index (κ2) is 8.58. The predicted molar refractivity (Wildman–Crippen MR) is 114 cm³/mol. The van der Waals surface area contributed by atoms with Gasteiger partial charge in [-0.25, -0.2) is 4.99 Å². The van der Waals surface area contributed by atoms with Gasteiger partial charge in [0.1, 0.15) is 5.84 Å². The quantitative estimate of drug-likeness (QED) is 0.697. The number of aliphatic imine (C=N–C) groups is 1. The number of hydrogen-bond donors (Lipinski definition) is 1. The van der Waals surface area contributed by atoms with Gasteiger partial charge in [0.15, 0.2) is 0 Å². The molecule has 2 aliphatic rings. The van der Waals surface area contributed by atoms with E-state index >= 15 is 0 Å². The molecular formula is C23H21ClF3N3O2. The van der Waals surface area contributed by atoms with Crippen LogP contribution in [0.5, 0.6) is 0 Å². The number of nitrogens with one attached hydrogen (secondary N) is 1. The highest BCUT2D eigenvalue weighted by Crippen LogP contribution is 2.41. The van der Waals surface area contributed by atoms with Crippen LogP contribution in [0.3, 0.4) is 0 Å². The van der Waals surface area contributed by atoms with Gasteiger partial charge in [0.2, 0.25) is 0 Å². The number of hydrogen-bond acceptors (Lipinski definition) is 3. The van der Waals surface area contributed by atoms with Crippen molar-refractivity contribution in [2.45, 2.75) is 50.0 Å². The Morgan fingerprint density at radius 3 is 2.28 bits per heavy atom. The Kier molecular flexibility index (Phi) is 5.99. The standard InChI is InChI=1S/C23H21ClF3N3O2/c24-18-14-8-7-13-17(18)20(31)29-22(23(25,26)27)21(32)30(16-11-5-2-6-12-16)19(28-22)15-9-3-1-4-10-15/h1,3-4,7-10,13-14,16H,2,5-6,11-12H2,(H,29,31). The molecule has 0 spiro atoms. The minimum atomic E-state index is -5.16. The Balaban J connectivity index is 1.82. The second-order valence-electron chi connectivity index (χ2n) is 7.91. The van der Waals surface area contributed by atoms with Crippen molar-refractivity contribution in [1.29, 1.82) is 0 Å². The van der Waals surface area contributed by atoms with E-state index in [2.05, 4.69) is 4.99 Å². The monoisotopic (exact) mass is 463 g/mol. The third-order valence-corrected chi connectivity index (χ3v) is 6.15. The fraction of sp³-hybridized carbons (Fsp3) is 0.348. The van der Waals surface area contributed by atoms with Gasteiger partial charge in [0.05, 0.1) is 10.6 Å². The molecule has 1 N–H and O–H groups in total. The highest BCUT2D eigenvalue weighted by atomic mass is 35.5. The van der Waals surface area contributed by atoms with E-state index in [1.165, 1.54) is 18.2 Å². The van der Waals surface area contributed by atoms with Crippen LogP contribution in [-0.4, -0.2) is 40.4 Å². The summed E-state index contributed by atoms with van der Waals surface area (Å²) in [5, 5.41) is 1.86. The third kappa shape index (κ3) is 3.88. The fourth-order valence-electron chi connectivity index (χ4n) is 4.21. The van der Waals surface area contributed by atoms with E-state index in [1.54, 1.807) is 36.4 Å². The fourth-order valence-corrected chi connectivity index (χ4v) is 4.44. The Morgan fingerprint density at radius 1 is 1.03 bits per heavy atom. The van der Waals surface area contributed by atoms with Crippen LogP contribution in [0.4, 0.5) is 13.2 Å². The number of nitrogens with zero attached hydrogens (tertiary/aromatic N) is 2. The lowest BCUT2D eigenvalue weighted by Gasteiger charge is -2.34. The van der Waals surface area contributed by atoms with Gasteiger partial charge in [0, 0.05) is 11.6 Å². The van der Waals surface area contributed by atoms with Gasteiger partial charge < -0.3 is 5.32 Å². The maximum atomic E-state index is 14.5. The van der Waals surface area contributed by atoms with Crippen LogP contribution in [-0.2, 0) is 4.79 Å². The van der Waals surface area contributed by atoms with Crippen molar-refractivity contribution in [3.63, 3.8) is 0 Å². The molecule has 0 radical (unpaired) electrons. The van der Waals surface area contributed by atoms with Crippen LogP contribution in [0.1, 0.15) is 48.0 Å². The lowest BCUT2D eigenvalue weighted by molar-refractivity contribution is -0.197. The maximum Gasteiger partial charge on any atom is 0.442 e. The van der Waals surface area contributed by atoms with E-state index in [0.717, 1.165) is 24.2 Å². The molecule has 1 atom stereocenters. The van der Waals surface area contributed by atoms with Gasteiger partial charge in [-0.2, -0.15) is 13.2 Å². The zero-order chi connectivity index (χ0) is 22.9. The molecule has 1 saturated carbocycles. The zero-order valence-electron chi connectivity index (χ0n) is 17.0. The molecule has 5 nitrogen and oxygen atoms in total. The number of carbonyl (C=O) groups is 2. The first-order chi connectivity index (χ1) is 15.2. The Labute approximate surface area is 188 Å². The van der Waals surface area contributed by atoms with E-state index in [-0.39, 0.29) is 16.4 Å². The SMILES string of the molecule is O=C(NC1(C(F)(F)F)N=C(c2ccccc2)N(C2CCCCC2)C1=O)c1ccccc1Cl. The molecule has 0 bridgehead atoms. The molecule has 0 aromatic heterocycles. The van der Waals surface area contributed by atoms with Crippen molar-refractivity contribution in [1.82, 2.24) is 10.2 Å². The lowest BCUT2D eigenvalue weighted by Crippen LogP contribution is -2.64. The predicted octanol–water partition coefficient (Wildman–Crippen LogP) is 4.95. The van der Waals surface area contributed by atoms with Crippen LogP contribution in [0.25, 0.3) is 0 Å².